The first kappa shape index (κ1) is 22.2. The number of nitrogens with zero attached hydrogens (tertiary/aromatic N) is 1. The van der Waals surface area contributed by atoms with Crippen molar-refractivity contribution in [2.24, 2.45) is 0 Å². The number of sulfonamides is 1. The second-order valence-corrected chi connectivity index (χ2v) is 9.20. The number of nitrogens with one attached hydrogen (secondary N) is 1. The van der Waals surface area contributed by atoms with Crippen molar-refractivity contribution in [2.75, 3.05) is 23.7 Å². The fourth-order valence-corrected chi connectivity index (χ4v) is 4.01. The number of carbonyl (C=O) groups is 1. The van der Waals surface area contributed by atoms with E-state index in [0.717, 1.165) is 19.1 Å². The molecule has 0 aliphatic carbocycles. The lowest BCUT2D eigenvalue weighted by Crippen LogP contribution is -2.32. The van der Waals surface area contributed by atoms with Crippen LogP contribution in [0.15, 0.2) is 48.5 Å². The van der Waals surface area contributed by atoms with Gasteiger partial charge in [0.2, 0.25) is 15.9 Å². The summed E-state index contributed by atoms with van der Waals surface area (Å²) in [7, 11) is -3.44. The average Bonchev–Trinajstić information content (AvgIpc) is 2.63. The number of amides is 1. The van der Waals surface area contributed by atoms with Crippen LogP contribution in [0.5, 0.6) is 0 Å². The Hall–Kier alpha value is -2.05. The van der Waals surface area contributed by atoms with Crippen LogP contribution in [0.3, 0.4) is 0 Å². The molecule has 0 atom stereocenters. The molecule has 0 bridgehead atoms. The molecule has 0 aliphatic heterocycles. The van der Waals surface area contributed by atoms with Crippen LogP contribution in [0, 0.1) is 6.92 Å². The number of benzene rings is 2. The summed E-state index contributed by atoms with van der Waals surface area (Å²) in [6, 6.07) is 15.1. The monoisotopic (exact) mass is 422 g/mol. The lowest BCUT2D eigenvalue weighted by Gasteiger charge is -2.22. The van der Waals surface area contributed by atoms with Crippen molar-refractivity contribution in [1.82, 2.24) is 5.32 Å². The van der Waals surface area contributed by atoms with E-state index in [1.54, 1.807) is 24.3 Å². The molecule has 0 radical (unpaired) electrons. The van der Waals surface area contributed by atoms with E-state index in [4.69, 9.17) is 11.6 Å². The van der Waals surface area contributed by atoms with Crippen molar-refractivity contribution in [3.05, 3.63) is 64.7 Å². The van der Waals surface area contributed by atoms with Gasteiger partial charge in [-0.2, -0.15) is 0 Å². The van der Waals surface area contributed by atoms with Crippen LogP contribution in [-0.2, 0) is 21.2 Å². The zero-order valence-electron chi connectivity index (χ0n) is 16.3. The smallest absolute Gasteiger partial charge is 0.232 e. The van der Waals surface area contributed by atoms with Gasteiger partial charge in [0.05, 0.1) is 11.9 Å². The Morgan fingerprint density at radius 2 is 1.82 bits per heavy atom. The van der Waals surface area contributed by atoms with Crippen molar-refractivity contribution in [1.29, 1.82) is 0 Å². The first-order chi connectivity index (χ1) is 13.3. The predicted octanol–water partition coefficient (Wildman–Crippen LogP) is 3.94. The molecule has 0 aromatic heterocycles. The molecule has 2 aromatic rings. The van der Waals surface area contributed by atoms with Gasteiger partial charge in [0.25, 0.3) is 0 Å². The van der Waals surface area contributed by atoms with Crippen LogP contribution in [0.25, 0.3) is 0 Å². The molecule has 1 amide bonds. The molecule has 5 nitrogen and oxygen atoms in total. The summed E-state index contributed by atoms with van der Waals surface area (Å²) < 4.78 is 25.4. The molecule has 28 heavy (non-hydrogen) atoms. The van der Waals surface area contributed by atoms with Gasteiger partial charge in [0, 0.05) is 24.5 Å². The minimum Gasteiger partial charge on any atom is -0.356 e. The largest absolute Gasteiger partial charge is 0.356 e. The van der Waals surface area contributed by atoms with Gasteiger partial charge in [0.15, 0.2) is 0 Å². The van der Waals surface area contributed by atoms with E-state index in [2.05, 4.69) is 36.5 Å². The number of aryl methyl sites for hydroxylation is 2. The van der Waals surface area contributed by atoms with E-state index in [1.807, 2.05) is 0 Å². The van der Waals surface area contributed by atoms with Crippen molar-refractivity contribution in [3.8, 4) is 0 Å². The predicted molar refractivity (Wildman–Crippen MR) is 115 cm³/mol. The summed E-state index contributed by atoms with van der Waals surface area (Å²) in [5, 5.41) is 3.37. The Bertz CT molecular complexity index is 883. The Kier molecular flexibility index (Phi) is 8.33. The number of anilines is 1. The van der Waals surface area contributed by atoms with Gasteiger partial charge < -0.3 is 5.32 Å². The maximum Gasteiger partial charge on any atom is 0.232 e. The molecule has 0 fully saturated rings. The molecule has 7 heteroatoms. The van der Waals surface area contributed by atoms with Gasteiger partial charge in [-0.05, 0) is 49.9 Å². The highest BCUT2D eigenvalue weighted by Gasteiger charge is 2.17. The topological polar surface area (TPSA) is 66.5 Å². The van der Waals surface area contributed by atoms with Crippen molar-refractivity contribution < 1.29 is 13.2 Å². The third-order valence-corrected chi connectivity index (χ3v) is 5.78. The zero-order chi connectivity index (χ0) is 20.6. The van der Waals surface area contributed by atoms with Gasteiger partial charge in [-0.1, -0.05) is 47.5 Å². The molecular weight excluding hydrogens is 396 g/mol. The van der Waals surface area contributed by atoms with E-state index in [-0.39, 0.29) is 18.9 Å². The van der Waals surface area contributed by atoms with Gasteiger partial charge in [-0.15, -0.1) is 0 Å². The lowest BCUT2D eigenvalue weighted by molar-refractivity contribution is -0.121. The summed E-state index contributed by atoms with van der Waals surface area (Å²) >= 11 is 5.96. The summed E-state index contributed by atoms with van der Waals surface area (Å²) in [5.41, 5.74) is 3.00. The average molecular weight is 423 g/mol. The fraction of sp³-hybridized carbons (Fsp3) is 0.381. The molecule has 1 N–H and O–H groups in total. The van der Waals surface area contributed by atoms with E-state index < -0.39 is 10.0 Å². The Labute approximate surface area is 172 Å². The third-order valence-electron chi connectivity index (χ3n) is 4.35. The Morgan fingerprint density at radius 3 is 2.46 bits per heavy atom. The van der Waals surface area contributed by atoms with Gasteiger partial charge in [0.1, 0.15) is 0 Å². The molecule has 0 saturated carbocycles. The maximum absolute atomic E-state index is 12.1. The first-order valence-corrected chi connectivity index (χ1v) is 11.5. The number of hydrogen-bond donors (Lipinski definition) is 1. The Morgan fingerprint density at radius 1 is 1.11 bits per heavy atom. The molecular formula is C21H27ClN2O3S. The van der Waals surface area contributed by atoms with Gasteiger partial charge in [-0.25, -0.2) is 8.42 Å². The number of hydrogen-bond acceptors (Lipinski definition) is 3. The molecule has 152 valence electrons. The fourth-order valence-electron chi connectivity index (χ4n) is 2.86. The van der Waals surface area contributed by atoms with Crippen LogP contribution < -0.4 is 9.62 Å². The van der Waals surface area contributed by atoms with Crippen LogP contribution in [0.1, 0.15) is 30.4 Å². The second-order valence-electron chi connectivity index (χ2n) is 6.86. The van der Waals surface area contributed by atoms with Crippen LogP contribution in [-0.4, -0.2) is 33.7 Å². The van der Waals surface area contributed by atoms with E-state index >= 15 is 0 Å². The molecule has 0 heterocycles. The van der Waals surface area contributed by atoms with Crippen LogP contribution >= 0.6 is 11.6 Å². The van der Waals surface area contributed by atoms with Crippen LogP contribution in [0.4, 0.5) is 5.69 Å². The lowest BCUT2D eigenvalue weighted by atomic mass is 10.1. The minimum atomic E-state index is -3.44. The van der Waals surface area contributed by atoms with E-state index in [9.17, 15) is 13.2 Å². The third kappa shape index (κ3) is 7.52. The normalized spacial score (nSPS) is 11.2. The van der Waals surface area contributed by atoms with E-state index in [1.165, 1.54) is 15.4 Å². The highest BCUT2D eigenvalue weighted by atomic mass is 35.5. The zero-order valence-corrected chi connectivity index (χ0v) is 17.9. The summed E-state index contributed by atoms with van der Waals surface area (Å²) in [4.78, 5) is 12.0. The standard InChI is InChI=1S/C21H27ClN2O3S/c1-17-10-12-18(13-11-17)6-4-14-23-21(25)9-5-15-24(28(2,26)27)20-8-3-7-19(22)16-20/h3,7-8,10-13,16H,4-6,9,14-15H2,1-2H3,(H,23,25). The molecule has 2 rings (SSSR count). The van der Waals surface area contributed by atoms with Gasteiger partial charge in [-0.3, -0.25) is 9.10 Å². The highest BCUT2D eigenvalue weighted by Crippen LogP contribution is 2.22. The van der Waals surface area contributed by atoms with Crippen molar-refractivity contribution in [3.63, 3.8) is 0 Å². The maximum atomic E-state index is 12.1. The van der Waals surface area contributed by atoms with Gasteiger partial charge >= 0.3 is 0 Å². The summed E-state index contributed by atoms with van der Waals surface area (Å²) in [6.45, 7) is 2.90. The summed E-state index contributed by atoms with van der Waals surface area (Å²) in [6.07, 6.45) is 3.64. The minimum absolute atomic E-state index is 0.0662. The molecule has 0 unspecified atom stereocenters. The Balaban J connectivity index is 1.74. The first-order valence-electron chi connectivity index (χ1n) is 9.31. The number of halogens is 1. The van der Waals surface area contributed by atoms with Crippen molar-refractivity contribution >= 4 is 33.2 Å². The quantitative estimate of drug-likeness (QED) is 0.589. The number of carbonyl (C=O) groups excluding carboxylic acids is 1. The molecule has 2 aromatic carbocycles. The molecule has 0 saturated heterocycles. The highest BCUT2D eigenvalue weighted by molar-refractivity contribution is 7.92. The number of rotatable bonds is 10. The molecule has 0 aliphatic rings. The second kappa shape index (κ2) is 10.5. The summed E-state index contributed by atoms with van der Waals surface area (Å²) in [5.74, 6) is -0.0662. The van der Waals surface area contributed by atoms with E-state index in [0.29, 0.717) is 23.7 Å². The van der Waals surface area contributed by atoms with Crippen molar-refractivity contribution in [2.45, 2.75) is 32.6 Å². The van der Waals surface area contributed by atoms with Crippen LogP contribution in [0.2, 0.25) is 5.02 Å². The SMILES string of the molecule is Cc1ccc(CCCNC(=O)CCCN(c2cccc(Cl)c2)S(C)(=O)=O)cc1. The molecule has 0 spiro atoms.